The molecule has 0 aliphatic carbocycles. The summed E-state index contributed by atoms with van der Waals surface area (Å²) in [5, 5.41) is 12.2. The molecule has 0 radical (unpaired) electrons. The van der Waals surface area contributed by atoms with Crippen LogP contribution in [-0.4, -0.2) is 51.2 Å². The van der Waals surface area contributed by atoms with Gasteiger partial charge in [0, 0.05) is 33.3 Å². The van der Waals surface area contributed by atoms with Crippen LogP contribution in [0, 0.1) is 0 Å². The second-order valence-electron chi connectivity index (χ2n) is 4.65. The molecule has 0 bridgehead atoms. The van der Waals surface area contributed by atoms with E-state index in [0.29, 0.717) is 13.2 Å². The minimum Gasteiger partial charge on any atom is -0.395 e. The SMILES string of the molecule is COCCN(CCO)S(=O)(=O)c1ccc2c(c1)CNC2. The van der Waals surface area contributed by atoms with E-state index in [-0.39, 0.29) is 24.6 Å². The molecule has 0 aromatic heterocycles. The lowest BCUT2D eigenvalue weighted by molar-refractivity contribution is 0.168. The molecule has 0 spiro atoms. The van der Waals surface area contributed by atoms with E-state index in [4.69, 9.17) is 9.84 Å². The fourth-order valence-electron chi connectivity index (χ4n) is 2.24. The van der Waals surface area contributed by atoms with Crippen LogP contribution in [0.2, 0.25) is 0 Å². The zero-order chi connectivity index (χ0) is 14.6. The molecule has 0 saturated carbocycles. The molecule has 1 heterocycles. The van der Waals surface area contributed by atoms with E-state index in [9.17, 15) is 8.42 Å². The molecule has 7 heteroatoms. The lowest BCUT2D eigenvalue weighted by atomic mass is 10.1. The molecule has 112 valence electrons. The molecule has 1 aromatic rings. The minimum absolute atomic E-state index is 0.0705. The molecule has 1 aromatic carbocycles. The number of aliphatic hydroxyl groups excluding tert-OH is 1. The number of sulfonamides is 1. The Morgan fingerprint density at radius 1 is 1.30 bits per heavy atom. The minimum atomic E-state index is -3.59. The Morgan fingerprint density at radius 2 is 2.05 bits per heavy atom. The molecule has 0 atom stereocenters. The Labute approximate surface area is 119 Å². The van der Waals surface area contributed by atoms with Gasteiger partial charge in [0.1, 0.15) is 0 Å². The van der Waals surface area contributed by atoms with Crippen LogP contribution in [-0.2, 0) is 27.8 Å². The van der Waals surface area contributed by atoms with E-state index in [1.54, 1.807) is 12.1 Å². The van der Waals surface area contributed by atoms with Crippen molar-refractivity contribution in [1.29, 1.82) is 0 Å². The third-order valence-electron chi connectivity index (χ3n) is 3.34. The molecular weight excluding hydrogens is 280 g/mol. The molecular formula is C13H20N2O4S. The first kappa shape index (κ1) is 15.4. The van der Waals surface area contributed by atoms with Crippen molar-refractivity contribution in [2.45, 2.75) is 18.0 Å². The van der Waals surface area contributed by atoms with Gasteiger partial charge in [-0.15, -0.1) is 0 Å². The van der Waals surface area contributed by atoms with E-state index >= 15 is 0 Å². The molecule has 6 nitrogen and oxygen atoms in total. The summed E-state index contributed by atoms with van der Waals surface area (Å²) in [7, 11) is -2.07. The number of rotatable bonds is 7. The predicted molar refractivity (Wildman–Crippen MR) is 74.7 cm³/mol. The van der Waals surface area contributed by atoms with E-state index in [1.807, 2.05) is 6.07 Å². The van der Waals surface area contributed by atoms with Crippen molar-refractivity contribution in [3.8, 4) is 0 Å². The first-order valence-corrected chi connectivity index (χ1v) is 7.96. The van der Waals surface area contributed by atoms with Crippen LogP contribution < -0.4 is 5.32 Å². The maximum atomic E-state index is 12.6. The lowest BCUT2D eigenvalue weighted by Gasteiger charge is -2.21. The fourth-order valence-corrected chi connectivity index (χ4v) is 3.70. The highest BCUT2D eigenvalue weighted by atomic mass is 32.2. The van der Waals surface area contributed by atoms with Gasteiger partial charge >= 0.3 is 0 Å². The quantitative estimate of drug-likeness (QED) is 0.736. The average molecular weight is 300 g/mol. The number of hydrogen-bond donors (Lipinski definition) is 2. The summed E-state index contributed by atoms with van der Waals surface area (Å²) in [5.74, 6) is 0. The summed E-state index contributed by atoms with van der Waals surface area (Å²) in [5.41, 5.74) is 2.15. The van der Waals surface area contributed by atoms with Gasteiger partial charge in [-0.2, -0.15) is 4.31 Å². The summed E-state index contributed by atoms with van der Waals surface area (Å²) >= 11 is 0. The van der Waals surface area contributed by atoms with Crippen LogP contribution in [0.4, 0.5) is 0 Å². The van der Waals surface area contributed by atoms with Crippen molar-refractivity contribution in [2.24, 2.45) is 0 Å². The molecule has 0 amide bonds. The molecule has 2 rings (SSSR count). The maximum Gasteiger partial charge on any atom is 0.243 e. The summed E-state index contributed by atoms with van der Waals surface area (Å²) in [4.78, 5) is 0.268. The normalized spacial score (nSPS) is 14.8. The topological polar surface area (TPSA) is 78.9 Å². The lowest BCUT2D eigenvalue weighted by Crippen LogP contribution is -2.36. The monoisotopic (exact) mass is 300 g/mol. The van der Waals surface area contributed by atoms with Gasteiger partial charge in [-0.3, -0.25) is 0 Å². The first-order valence-electron chi connectivity index (χ1n) is 6.52. The van der Waals surface area contributed by atoms with E-state index < -0.39 is 10.0 Å². The van der Waals surface area contributed by atoms with Gasteiger partial charge in [-0.25, -0.2) is 8.42 Å². The number of nitrogens with zero attached hydrogens (tertiary/aromatic N) is 1. The summed E-state index contributed by atoms with van der Waals surface area (Å²) in [6.45, 7) is 1.85. The number of ether oxygens (including phenoxy) is 1. The largest absolute Gasteiger partial charge is 0.395 e. The summed E-state index contributed by atoms with van der Waals surface area (Å²) in [6, 6.07) is 5.18. The van der Waals surface area contributed by atoms with Gasteiger partial charge in [0.25, 0.3) is 0 Å². The van der Waals surface area contributed by atoms with Crippen molar-refractivity contribution < 1.29 is 18.3 Å². The van der Waals surface area contributed by atoms with Crippen molar-refractivity contribution in [1.82, 2.24) is 9.62 Å². The molecule has 1 aliphatic rings. The van der Waals surface area contributed by atoms with Gasteiger partial charge in [-0.1, -0.05) is 6.07 Å². The third kappa shape index (κ3) is 3.18. The van der Waals surface area contributed by atoms with Crippen LogP contribution in [0.3, 0.4) is 0 Å². The Bertz CT molecular complexity index is 559. The zero-order valence-electron chi connectivity index (χ0n) is 11.5. The standard InChI is InChI=1S/C13H20N2O4S/c1-19-7-5-15(4-6-16)20(17,18)13-3-2-11-9-14-10-12(11)8-13/h2-3,8,14,16H,4-7,9-10H2,1H3. The summed E-state index contributed by atoms with van der Waals surface area (Å²) < 4.78 is 31.3. The Kier molecular flexibility index (Phi) is 5.11. The van der Waals surface area contributed by atoms with Gasteiger partial charge < -0.3 is 15.2 Å². The van der Waals surface area contributed by atoms with Crippen LogP contribution in [0.1, 0.15) is 11.1 Å². The van der Waals surface area contributed by atoms with Gasteiger partial charge in [-0.05, 0) is 23.3 Å². The van der Waals surface area contributed by atoms with E-state index in [2.05, 4.69) is 5.32 Å². The van der Waals surface area contributed by atoms with E-state index in [1.165, 1.54) is 11.4 Å². The Morgan fingerprint density at radius 3 is 2.75 bits per heavy atom. The number of hydrogen-bond acceptors (Lipinski definition) is 5. The molecule has 2 N–H and O–H groups in total. The number of nitrogens with one attached hydrogen (secondary N) is 1. The van der Waals surface area contributed by atoms with E-state index in [0.717, 1.165) is 17.7 Å². The van der Waals surface area contributed by atoms with Crippen molar-refractivity contribution in [2.75, 3.05) is 33.4 Å². The first-order chi connectivity index (χ1) is 9.59. The maximum absolute atomic E-state index is 12.6. The number of aliphatic hydroxyl groups is 1. The van der Waals surface area contributed by atoms with Gasteiger partial charge in [0.05, 0.1) is 18.1 Å². The Balaban J connectivity index is 2.27. The number of benzene rings is 1. The van der Waals surface area contributed by atoms with Crippen LogP contribution in [0.15, 0.2) is 23.1 Å². The predicted octanol–water partition coefficient (Wildman–Crippen LogP) is -0.0808. The molecule has 0 unspecified atom stereocenters. The van der Waals surface area contributed by atoms with Crippen LogP contribution in [0.25, 0.3) is 0 Å². The highest BCUT2D eigenvalue weighted by Gasteiger charge is 2.25. The smallest absolute Gasteiger partial charge is 0.243 e. The second-order valence-corrected chi connectivity index (χ2v) is 6.59. The van der Waals surface area contributed by atoms with Crippen molar-refractivity contribution in [3.05, 3.63) is 29.3 Å². The number of fused-ring (bicyclic) bond motifs is 1. The highest BCUT2D eigenvalue weighted by Crippen LogP contribution is 2.22. The van der Waals surface area contributed by atoms with Crippen molar-refractivity contribution >= 4 is 10.0 Å². The highest BCUT2D eigenvalue weighted by molar-refractivity contribution is 7.89. The zero-order valence-corrected chi connectivity index (χ0v) is 12.3. The fraction of sp³-hybridized carbons (Fsp3) is 0.538. The second kappa shape index (κ2) is 6.64. The van der Waals surface area contributed by atoms with Crippen LogP contribution >= 0.6 is 0 Å². The van der Waals surface area contributed by atoms with Crippen molar-refractivity contribution in [3.63, 3.8) is 0 Å². The third-order valence-corrected chi connectivity index (χ3v) is 5.24. The van der Waals surface area contributed by atoms with Gasteiger partial charge in [0.15, 0.2) is 0 Å². The molecule has 1 aliphatic heterocycles. The Hall–Kier alpha value is -0.990. The number of methoxy groups -OCH3 is 1. The molecule has 20 heavy (non-hydrogen) atoms. The summed E-state index contributed by atoms with van der Waals surface area (Å²) in [6.07, 6.45) is 0. The van der Waals surface area contributed by atoms with Gasteiger partial charge in [0.2, 0.25) is 10.0 Å². The molecule has 0 fully saturated rings. The van der Waals surface area contributed by atoms with Crippen LogP contribution in [0.5, 0.6) is 0 Å². The molecule has 0 saturated heterocycles. The average Bonchev–Trinajstić information content (AvgIpc) is 2.90.